The maximum Gasteiger partial charge on any atom is 0.250 e. The zero-order valence-corrected chi connectivity index (χ0v) is 8.55. The Labute approximate surface area is 88.5 Å². The number of rotatable bonds is 6. The molecule has 0 bridgehead atoms. The molecule has 3 N–H and O–H groups in total. The standard InChI is InChI=1S/C11H16F2N2/c12-11(13)8-15-6-2-4-9-3-1-5-10(14)7-9/h1,3,5,7,11,15H,2,4,6,8,14H2. The van der Waals surface area contributed by atoms with Crippen LogP contribution in [-0.2, 0) is 6.42 Å². The van der Waals surface area contributed by atoms with Crippen LogP contribution in [-0.4, -0.2) is 19.5 Å². The average molecular weight is 214 g/mol. The lowest BCUT2D eigenvalue weighted by molar-refractivity contribution is 0.146. The topological polar surface area (TPSA) is 38.0 Å². The highest BCUT2D eigenvalue weighted by Crippen LogP contribution is 2.08. The third kappa shape index (κ3) is 5.32. The molecule has 0 amide bonds. The van der Waals surface area contributed by atoms with E-state index in [-0.39, 0.29) is 6.54 Å². The van der Waals surface area contributed by atoms with Crippen molar-refractivity contribution in [2.24, 2.45) is 0 Å². The van der Waals surface area contributed by atoms with E-state index in [2.05, 4.69) is 5.32 Å². The normalized spacial score (nSPS) is 10.9. The van der Waals surface area contributed by atoms with Gasteiger partial charge in [-0.2, -0.15) is 0 Å². The van der Waals surface area contributed by atoms with Gasteiger partial charge >= 0.3 is 0 Å². The van der Waals surface area contributed by atoms with Crippen LogP contribution in [0.15, 0.2) is 24.3 Å². The molecule has 0 saturated heterocycles. The summed E-state index contributed by atoms with van der Waals surface area (Å²) in [6.07, 6.45) is -0.561. The summed E-state index contributed by atoms with van der Waals surface area (Å²) >= 11 is 0. The Kier molecular flexibility index (Phi) is 5.04. The summed E-state index contributed by atoms with van der Waals surface area (Å²) in [6, 6.07) is 7.63. The Balaban J connectivity index is 2.15. The number of alkyl halides is 2. The molecule has 0 saturated carbocycles. The van der Waals surface area contributed by atoms with Crippen molar-refractivity contribution < 1.29 is 8.78 Å². The van der Waals surface area contributed by atoms with Crippen LogP contribution in [0.5, 0.6) is 0 Å². The molecule has 0 radical (unpaired) electrons. The second-order valence-electron chi connectivity index (χ2n) is 3.44. The van der Waals surface area contributed by atoms with Crippen molar-refractivity contribution in [2.45, 2.75) is 19.3 Å². The van der Waals surface area contributed by atoms with Crippen molar-refractivity contribution in [3.05, 3.63) is 29.8 Å². The number of nitrogens with one attached hydrogen (secondary N) is 1. The Morgan fingerprint density at radius 3 is 2.80 bits per heavy atom. The minimum Gasteiger partial charge on any atom is -0.399 e. The van der Waals surface area contributed by atoms with E-state index < -0.39 is 6.43 Å². The number of aryl methyl sites for hydroxylation is 1. The highest BCUT2D eigenvalue weighted by atomic mass is 19.3. The van der Waals surface area contributed by atoms with E-state index in [4.69, 9.17) is 5.73 Å². The van der Waals surface area contributed by atoms with Gasteiger partial charge in [0.15, 0.2) is 0 Å². The molecule has 0 spiro atoms. The van der Waals surface area contributed by atoms with Gasteiger partial charge < -0.3 is 11.1 Å². The van der Waals surface area contributed by atoms with Gasteiger partial charge in [-0.25, -0.2) is 8.78 Å². The van der Waals surface area contributed by atoms with Gasteiger partial charge in [0, 0.05) is 5.69 Å². The zero-order chi connectivity index (χ0) is 11.1. The highest BCUT2D eigenvalue weighted by Gasteiger charge is 2.00. The molecule has 2 nitrogen and oxygen atoms in total. The third-order valence-electron chi connectivity index (χ3n) is 2.07. The average Bonchev–Trinajstić information content (AvgIpc) is 2.17. The van der Waals surface area contributed by atoms with Crippen molar-refractivity contribution in [1.82, 2.24) is 5.32 Å². The fourth-order valence-corrected chi connectivity index (χ4v) is 1.38. The van der Waals surface area contributed by atoms with Crippen LogP contribution in [0.2, 0.25) is 0 Å². The molecule has 0 aliphatic rings. The van der Waals surface area contributed by atoms with E-state index in [0.29, 0.717) is 6.54 Å². The summed E-state index contributed by atoms with van der Waals surface area (Å²) in [5.74, 6) is 0. The molecule has 0 heterocycles. The Bertz CT molecular complexity index is 290. The van der Waals surface area contributed by atoms with Crippen LogP contribution >= 0.6 is 0 Å². The molecule has 0 aliphatic carbocycles. The molecule has 1 aromatic carbocycles. The van der Waals surface area contributed by atoms with Crippen LogP contribution in [0.1, 0.15) is 12.0 Å². The molecule has 0 atom stereocenters. The fourth-order valence-electron chi connectivity index (χ4n) is 1.38. The summed E-state index contributed by atoms with van der Waals surface area (Å²) < 4.78 is 23.5. The monoisotopic (exact) mass is 214 g/mol. The Morgan fingerprint density at radius 1 is 1.33 bits per heavy atom. The smallest absolute Gasteiger partial charge is 0.250 e. The zero-order valence-electron chi connectivity index (χ0n) is 8.55. The molecule has 1 rings (SSSR count). The number of hydrogen-bond acceptors (Lipinski definition) is 2. The predicted molar refractivity (Wildman–Crippen MR) is 58.0 cm³/mol. The SMILES string of the molecule is Nc1cccc(CCCNCC(F)F)c1. The first-order valence-corrected chi connectivity index (χ1v) is 5.02. The van der Waals surface area contributed by atoms with Gasteiger partial charge in [0.25, 0.3) is 6.43 Å². The summed E-state index contributed by atoms with van der Waals surface area (Å²) in [7, 11) is 0. The summed E-state index contributed by atoms with van der Waals surface area (Å²) in [5.41, 5.74) is 7.50. The number of nitrogen functional groups attached to an aromatic ring is 1. The Morgan fingerprint density at radius 2 is 2.13 bits per heavy atom. The van der Waals surface area contributed by atoms with Gasteiger partial charge in [-0.1, -0.05) is 12.1 Å². The van der Waals surface area contributed by atoms with Crippen LogP contribution < -0.4 is 11.1 Å². The molecule has 0 aromatic heterocycles. The van der Waals surface area contributed by atoms with Crippen LogP contribution in [0.4, 0.5) is 14.5 Å². The first-order valence-electron chi connectivity index (χ1n) is 5.02. The van der Waals surface area contributed by atoms with Crippen LogP contribution in [0.25, 0.3) is 0 Å². The highest BCUT2D eigenvalue weighted by molar-refractivity contribution is 5.40. The molecule has 4 heteroatoms. The lowest BCUT2D eigenvalue weighted by atomic mass is 10.1. The molecule has 84 valence electrons. The third-order valence-corrected chi connectivity index (χ3v) is 2.07. The number of hydrogen-bond donors (Lipinski definition) is 2. The van der Waals surface area contributed by atoms with Gasteiger partial charge in [0.05, 0.1) is 6.54 Å². The molecule has 0 unspecified atom stereocenters. The summed E-state index contributed by atoms with van der Waals surface area (Å²) in [4.78, 5) is 0. The number of benzene rings is 1. The lowest BCUT2D eigenvalue weighted by Crippen LogP contribution is -2.22. The second-order valence-corrected chi connectivity index (χ2v) is 3.44. The van der Waals surface area contributed by atoms with Gasteiger partial charge in [0.2, 0.25) is 0 Å². The Hall–Kier alpha value is -1.16. The molecule has 0 fully saturated rings. The van der Waals surface area contributed by atoms with E-state index >= 15 is 0 Å². The van der Waals surface area contributed by atoms with Gasteiger partial charge in [-0.3, -0.25) is 0 Å². The summed E-state index contributed by atoms with van der Waals surface area (Å²) in [6.45, 7) is 0.385. The first kappa shape index (κ1) is 11.9. The van der Waals surface area contributed by atoms with Crippen molar-refractivity contribution in [3.63, 3.8) is 0 Å². The summed E-state index contributed by atoms with van der Waals surface area (Å²) in [5, 5.41) is 2.69. The molecule has 1 aromatic rings. The molecular weight excluding hydrogens is 198 g/mol. The van der Waals surface area contributed by atoms with Crippen molar-refractivity contribution >= 4 is 5.69 Å². The van der Waals surface area contributed by atoms with Crippen molar-refractivity contribution in [1.29, 1.82) is 0 Å². The minimum atomic E-state index is -2.27. The lowest BCUT2D eigenvalue weighted by Gasteiger charge is -2.04. The maximum atomic E-state index is 11.8. The molecule has 0 aliphatic heterocycles. The molecular formula is C11H16F2N2. The van der Waals surface area contributed by atoms with E-state index in [0.717, 1.165) is 24.1 Å². The van der Waals surface area contributed by atoms with E-state index in [1.54, 1.807) is 0 Å². The van der Waals surface area contributed by atoms with Crippen molar-refractivity contribution in [2.75, 3.05) is 18.8 Å². The number of anilines is 1. The molecule has 15 heavy (non-hydrogen) atoms. The number of nitrogens with two attached hydrogens (primary N) is 1. The minimum absolute atomic E-state index is 0.225. The number of halogens is 2. The van der Waals surface area contributed by atoms with Gasteiger partial charge in [-0.15, -0.1) is 0 Å². The fraction of sp³-hybridized carbons (Fsp3) is 0.455. The predicted octanol–water partition coefficient (Wildman–Crippen LogP) is 2.06. The van der Waals surface area contributed by atoms with Gasteiger partial charge in [0.1, 0.15) is 0 Å². The van der Waals surface area contributed by atoms with E-state index in [9.17, 15) is 8.78 Å². The van der Waals surface area contributed by atoms with Crippen LogP contribution in [0.3, 0.4) is 0 Å². The van der Waals surface area contributed by atoms with Crippen molar-refractivity contribution in [3.8, 4) is 0 Å². The maximum absolute atomic E-state index is 11.8. The van der Waals surface area contributed by atoms with E-state index in [1.165, 1.54) is 0 Å². The van der Waals surface area contributed by atoms with E-state index in [1.807, 2.05) is 24.3 Å². The first-order chi connectivity index (χ1) is 7.18. The largest absolute Gasteiger partial charge is 0.399 e. The van der Waals surface area contributed by atoms with Crippen LogP contribution in [0, 0.1) is 0 Å². The van der Waals surface area contributed by atoms with Gasteiger partial charge in [-0.05, 0) is 37.1 Å². The second kappa shape index (κ2) is 6.35. The quantitative estimate of drug-likeness (QED) is 0.562.